The second-order valence-corrected chi connectivity index (χ2v) is 7.67. The van der Waals surface area contributed by atoms with Gasteiger partial charge in [0.2, 0.25) is 5.91 Å². The summed E-state index contributed by atoms with van der Waals surface area (Å²) in [5.41, 5.74) is 6.06. The van der Waals surface area contributed by atoms with Gasteiger partial charge in [-0.2, -0.15) is 0 Å². The lowest BCUT2D eigenvalue weighted by molar-refractivity contribution is -0.149. The first kappa shape index (κ1) is 16.3. The Morgan fingerprint density at radius 3 is 2.53 bits per heavy atom. The van der Waals surface area contributed by atoms with Crippen molar-refractivity contribution < 1.29 is 14.7 Å². The second-order valence-electron chi connectivity index (χ2n) is 6.32. The number of hydrogen-bond acceptors (Lipinski definition) is 4. The molecule has 5 nitrogen and oxygen atoms in total. The molecule has 0 aromatic heterocycles. The van der Waals surface area contributed by atoms with Crippen molar-refractivity contribution >= 4 is 23.6 Å². The molecular weight excluding hydrogens is 264 g/mol. The van der Waals surface area contributed by atoms with Crippen LogP contribution in [0.3, 0.4) is 0 Å². The van der Waals surface area contributed by atoms with Crippen molar-refractivity contribution in [2.45, 2.75) is 58.0 Å². The first-order chi connectivity index (χ1) is 8.61. The van der Waals surface area contributed by atoms with E-state index in [4.69, 9.17) is 10.8 Å². The number of carbonyl (C=O) groups is 2. The van der Waals surface area contributed by atoms with E-state index in [2.05, 4.69) is 20.8 Å². The molecule has 0 aromatic carbocycles. The van der Waals surface area contributed by atoms with Gasteiger partial charge in [0.1, 0.15) is 6.04 Å². The van der Waals surface area contributed by atoms with Gasteiger partial charge in [-0.15, -0.1) is 11.8 Å². The highest BCUT2D eigenvalue weighted by molar-refractivity contribution is 8.00. The topological polar surface area (TPSA) is 83.6 Å². The molecule has 1 aliphatic heterocycles. The smallest absolute Gasteiger partial charge is 0.327 e. The Labute approximate surface area is 118 Å². The lowest BCUT2D eigenvalue weighted by Crippen LogP contribution is -2.46. The van der Waals surface area contributed by atoms with Crippen molar-refractivity contribution in [3.63, 3.8) is 0 Å². The van der Waals surface area contributed by atoms with Crippen LogP contribution in [-0.4, -0.2) is 45.1 Å². The van der Waals surface area contributed by atoms with Crippen molar-refractivity contribution in [3.05, 3.63) is 0 Å². The molecule has 1 amide bonds. The molecule has 1 saturated heterocycles. The number of hydrogen-bond donors (Lipinski definition) is 2. The van der Waals surface area contributed by atoms with Crippen LogP contribution in [0.2, 0.25) is 0 Å². The summed E-state index contributed by atoms with van der Waals surface area (Å²) in [6.07, 6.45) is 0.956. The number of carbonyl (C=O) groups excluding carboxylic acids is 1. The molecule has 3 unspecified atom stereocenters. The van der Waals surface area contributed by atoms with E-state index in [0.717, 1.165) is 6.42 Å². The first-order valence-corrected chi connectivity index (χ1v) is 7.58. The van der Waals surface area contributed by atoms with Gasteiger partial charge in [0.15, 0.2) is 0 Å². The van der Waals surface area contributed by atoms with Crippen LogP contribution in [0.5, 0.6) is 0 Å². The van der Waals surface area contributed by atoms with E-state index in [9.17, 15) is 9.59 Å². The molecule has 0 aromatic rings. The molecule has 0 radical (unpaired) electrons. The molecule has 3 N–H and O–H groups in total. The average molecular weight is 288 g/mol. The number of nitrogens with two attached hydrogens (primary N) is 1. The quantitative estimate of drug-likeness (QED) is 0.819. The van der Waals surface area contributed by atoms with Crippen LogP contribution >= 0.6 is 11.8 Å². The van der Waals surface area contributed by atoms with E-state index in [0.29, 0.717) is 5.75 Å². The van der Waals surface area contributed by atoms with E-state index >= 15 is 0 Å². The summed E-state index contributed by atoms with van der Waals surface area (Å²) in [5, 5.41) is 9.04. The highest BCUT2D eigenvalue weighted by Gasteiger charge is 2.39. The van der Waals surface area contributed by atoms with Crippen LogP contribution in [0.15, 0.2) is 0 Å². The number of rotatable bonds is 4. The van der Waals surface area contributed by atoms with E-state index in [1.807, 2.05) is 6.92 Å². The summed E-state index contributed by atoms with van der Waals surface area (Å²) >= 11 is 1.49. The number of carboxylic acids is 1. The molecule has 110 valence electrons. The van der Waals surface area contributed by atoms with Crippen molar-refractivity contribution in [1.82, 2.24) is 4.90 Å². The van der Waals surface area contributed by atoms with Crippen LogP contribution in [0.1, 0.15) is 40.5 Å². The van der Waals surface area contributed by atoms with Gasteiger partial charge < -0.3 is 15.7 Å². The predicted molar refractivity (Wildman–Crippen MR) is 76.9 cm³/mol. The van der Waals surface area contributed by atoms with Crippen molar-refractivity contribution in [2.75, 3.05) is 5.75 Å². The monoisotopic (exact) mass is 288 g/mol. The largest absolute Gasteiger partial charge is 0.480 e. The predicted octanol–water partition coefficient (Wildman–Crippen LogP) is 1.51. The van der Waals surface area contributed by atoms with E-state index in [1.165, 1.54) is 16.7 Å². The van der Waals surface area contributed by atoms with Crippen molar-refractivity contribution in [3.8, 4) is 0 Å². The van der Waals surface area contributed by atoms with Crippen LogP contribution < -0.4 is 5.73 Å². The van der Waals surface area contributed by atoms with E-state index in [-0.39, 0.29) is 29.2 Å². The molecule has 1 aliphatic rings. The number of aliphatic carboxylic acids is 1. The minimum atomic E-state index is -0.936. The van der Waals surface area contributed by atoms with Gasteiger partial charge in [0, 0.05) is 18.2 Å². The minimum Gasteiger partial charge on any atom is -0.480 e. The number of carboxylic acid groups (broad SMARTS) is 1. The van der Waals surface area contributed by atoms with Crippen LogP contribution in [-0.2, 0) is 9.59 Å². The van der Waals surface area contributed by atoms with Gasteiger partial charge in [-0.05, 0) is 18.8 Å². The van der Waals surface area contributed by atoms with Crippen LogP contribution in [0.25, 0.3) is 0 Å². The molecule has 0 saturated carbocycles. The molecule has 0 spiro atoms. The zero-order valence-corrected chi connectivity index (χ0v) is 12.9. The molecule has 3 atom stereocenters. The Morgan fingerprint density at radius 1 is 1.47 bits per heavy atom. The van der Waals surface area contributed by atoms with Crippen LogP contribution in [0, 0.1) is 5.41 Å². The lowest BCUT2D eigenvalue weighted by Gasteiger charge is -2.28. The molecule has 0 bridgehead atoms. The summed E-state index contributed by atoms with van der Waals surface area (Å²) in [5.74, 6) is -0.632. The number of thioether (sulfide) groups is 1. The van der Waals surface area contributed by atoms with Gasteiger partial charge >= 0.3 is 5.97 Å². The minimum absolute atomic E-state index is 0.0667. The molecule has 0 aliphatic carbocycles. The molecule has 1 fully saturated rings. The maximum atomic E-state index is 12.2. The van der Waals surface area contributed by atoms with Crippen molar-refractivity contribution in [1.29, 1.82) is 0 Å². The normalized spacial score (nSPS) is 25.4. The maximum Gasteiger partial charge on any atom is 0.327 e. The fourth-order valence-electron chi connectivity index (χ4n) is 2.40. The molecule has 6 heteroatoms. The summed E-state index contributed by atoms with van der Waals surface area (Å²) in [4.78, 5) is 24.8. The van der Waals surface area contributed by atoms with Gasteiger partial charge in [0.05, 0.1) is 5.37 Å². The third-order valence-electron chi connectivity index (χ3n) is 3.11. The Kier molecular flexibility index (Phi) is 5.26. The average Bonchev–Trinajstić information content (AvgIpc) is 2.56. The third-order valence-corrected chi connectivity index (χ3v) is 4.32. The fourth-order valence-corrected chi connectivity index (χ4v) is 3.59. The molecule has 19 heavy (non-hydrogen) atoms. The maximum absolute atomic E-state index is 12.2. The first-order valence-electron chi connectivity index (χ1n) is 6.53. The standard InChI is InChI=1S/C13H24N2O3S/c1-8-15(10(7-19-8)12(17)18)11(16)5-9(14)6-13(2,3)4/h8-10H,5-7,14H2,1-4H3,(H,17,18). The summed E-state index contributed by atoms with van der Waals surface area (Å²) in [6.45, 7) is 8.09. The van der Waals surface area contributed by atoms with Gasteiger partial charge in [-0.25, -0.2) is 4.79 Å². The Bertz CT molecular complexity index is 354. The van der Waals surface area contributed by atoms with E-state index in [1.54, 1.807) is 0 Å². The molecular formula is C13H24N2O3S. The Balaban J connectivity index is 2.63. The zero-order valence-electron chi connectivity index (χ0n) is 12.0. The summed E-state index contributed by atoms with van der Waals surface area (Å²) < 4.78 is 0. The SMILES string of the molecule is CC1SCC(C(=O)O)N1C(=O)CC(N)CC(C)(C)C. The number of nitrogens with zero attached hydrogens (tertiary/aromatic N) is 1. The van der Waals surface area contributed by atoms with Gasteiger partial charge in [-0.1, -0.05) is 20.8 Å². The highest BCUT2D eigenvalue weighted by Crippen LogP contribution is 2.30. The third kappa shape index (κ3) is 4.69. The Morgan fingerprint density at radius 2 is 2.05 bits per heavy atom. The molecule has 1 heterocycles. The Hall–Kier alpha value is -0.750. The van der Waals surface area contributed by atoms with Gasteiger partial charge in [0.25, 0.3) is 0 Å². The highest BCUT2D eigenvalue weighted by atomic mass is 32.2. The summed E-state index contributed by atoms with van der Waals surface area (Å²) in [6, 6.07) is -0.936. The van der Waals surface area contributed by atoms with Crippen molar-refractivity contribution in [2.24, 2.45) is 11.1 Å². The lowest BCUT2D eigenvalue weighted by atomic mass is 9.87. The summed E-state index contributed by atoms with van der Waals surface area (Å²) in [7, 11) is 0. The second kappa shape index (κ2) is 6.13. The van der Waals surface area contributed by atoms with Crippen LogP contribution in [0.4, 0.5) is 0 Å². The van der Waals surface area contributed by atoms with E-state index < -0.39 is 12.0 Å². The molecule has 1 rings (SSSR count). The zero-order chi connectivity index (χ0) is 14.8. The number of amides is 1. The fraction of sp³-hybridized carbons (Fsp3) is 0.846. The van der Waals surface area contributed by atoms with Gasteiger partial charge in [-0.3, -0.25) is 4.79 Å².